The molecule has 1 aromatic rings. The lowest BCUT2D eigenvalue weighted by atomic mass is 10.2. The zero-order valence-electron chi connectivity index (χ0n) is 6.41. The van der Waals surface area contributed by atoms with Gasteiger partial charge in [-0.2, -0.15) is 0 Å². The van der Waals surface area contributed by atoms with Gasteiger partial charge in [0, 0.05) is 5.56 Å². The Kier molecular flexibility index (Phi) is 2.94. The predicted molar refractivity (Wildman–Crippen MR) is 44.9 cm³/mol. The van der Waals surface area contributed by atoms with Crippen LogP contribution in [-0.4, -0.2) is 13.4 Å². The van der Waals surface area contributed by atoms with Gasteiger partial charge in [0.25, 0.3) is 0 Å². The molecule has 0 atom stereocenters. The summed E-state index contributed by atoms with van der Waals surface area (Å²) in [5.74, 6) is 0.833. The number of benzene rings is 1. The minimum atomic E-state index is 0.393. The van der Waals surface area contributed by atoms with Crippen molar-refractivity contribution in [3.05, 3.63) is 23.8 Å². The molecule has 0 bridgehead atoms. The molecule has 0 N–H and O–H groups in total. The molecular formula is C8H7ClO3. The van der Waals surface area contributed by atoms with Crippen LogP contribution in [-0.2, 0) is 0 Å². The van der Waals surface area contributed by atoms with E-state index in [4.69, 9.17) is 16.6 Å². The second-order valence-electron chi connectivity index (χ2n) is 2.11. The molecule has 0 amide bonds. The number of methoxy groups -OCH3 is 1. The third-order valence-electron chi connectivity index (χ3n) is 1.41. The highest BCUT2D eigenvalue weighted by Gasteiger charge is 2.04. The molecule has 0 radical (unpaired) electrons. The van der Waals surface area contributed by atoms with E-state index in [0.717, 1.165) is 6.29 Å². The van der Waals surface area contributed by atoms with E-state index in [-0.39, 0.29) is 0 Å². The van der Waals surface area contributed by atoms with Crippen LogP contribution in [0.1, 0.15) is 10.4 Å². The first-order valence-electron chi connectivity index (χ1n) is 3.23. The first-order chi connectivity index (χ1) is 5.81. The van der Waals surface area contributed by atoms with Gasteiger partial charge in [0.05, 0.1) is 7.11 Å². The molecule has 0 aliphatic carbocycles. The van der Waals surface area contributed by atoms with E-state index in [0.29, 0.717) is 17.1 Å². The van der Waals surface area contributed by atoms with Gasteiger partial charge in [-0.3, -0.25) is 4.79 Å². The highest BCUT2D eigenvalue weighted by Crippen LogP contribution is 2.28. The average molecular weight is 187 g/mol. The zero-order valence-corrected chi connectivity index (χ0v) is 7.17. The van der Waals surface area contributed by atoms with Crippen molar-refractivity contribution in [3.63, 3.8) is 0 Å². The summed E-state index contributed by atoms with van der Waals surface area (Å²) in [5.41, 5.74) is 0.518. The summed E-state index contributed by atoms with van der Waals surface area (Å²) in [5, 5.41) is 0. The van der Waals surface area contributed by atoms with Crippen LogP contribution in [0.15, 0.2) is 18.2 Å². The van der Waals surface area contributed by atoms with E-state index in [9.17, 15) is 4.79 Å². The topological polar surface area (TPSA) is 35.5 Å². The SMILES string of the molecule is COc1cc(C=O)ccc1OCl. The fourth-order valence-electron chi connectivity index (χ4n) is 0.821. The Labute approximate surface area is 75.0 Å². The van der Waals surface area contributed by atoms with Crippen LogP contribution in [0.25, 0.3) is 0 Å². The Morgan fingerprint density at radius 1 is 1.42 bits per heavy atom. The van der Waals surface area contributed by atoms with Crippen LogP contribution in [0.3, 0.4) is 0 Å². The van der Waals surface area contributed by atoms with E-state index in [1.165, 1.54) is 7.11 Å². The van der Waals surface area contributed by atoms with E-state index in [2.05, 4.69) is 4.29 Å². The van der Waals surface area contributed by atoms with Crippen molar-refractivity contribution in [1.82, 2.24) is 0 Å². The maximum Gasteiger partial charge on any atom is 0.188 e. The van der Waals surface area contributed by atoms with Gasteiger partial charge in [-0.05, 0) is 18.2 Å². The number of rotatable bonds is 3. The lowest BCUT2D eigenvalue weighted by Gasteiger charge is -2.04. The number of halogens is 1. The minimum Gasteiger partial charge on any atom is -0.493 e. The predicted octanol–water partition coefficient (Wildman–Crippen LogP) is 2.04. The summed E-state index contributed by atoms with van der Waals surface area (Å²) in [4.78, 5) is 10.3. The highest BCUT2D eigenvalue weighted by atomic mass is 35.5. The second-order valence-corrected chi connectivity index (χ2v) is 2.26. The molecule has 1 aromatic carbocycles. The fraction of sp³-hybridized carbons (Fsp3) is 0.125. The highest BCUT2D eigenvalue weighted by molar-refractivity contribution is 6.09. The molecule has 0 aliphatic rings. The molecule has 3 nitrogen and oxygen atoms in total. The Morgan fingerprint density at radius 3 is 2.67 bits per heavy atom. The summed E-state index contributed by atoms with van der Waals surface area (Å²) in [6.45, 7) is 0. The van der Waals surface area contributed by atoms with Crippen LogP contribution in [0.2, 0.25) is 0 Å². The van der Waals surface area contributed by atoms with Crippen LogP contribution >= 0.6 is 11.9 Å². The maximum absolute atomic E-state index is 10.3. The Bertz CT molecular complexity index is 286. The molecule has 12 heavy (non-hydrogen) atoms. The summed E-state index contributed by atoms with van der Waals surface area (Å²) in [7, 11) is 1.48. The number of aldehydes is 1. The van der Waals surface area contributed by atoms with E-state index in [1.54, 1.807) is 18.2 Å². The molecule has 64 valence electrons. The van der Waals surface area contributed by atoms with Gasteiger partial charge in [0.15, 0.2) is 11.5 Å². The molecule has 0 saturated carbocycles. The van der Waals surface area contributed by atoms with Crippen LogP contribution in [0.5, 0.6) is 11.5 Å². The van der Waals surface area contributed by atoms with E-state index >= 15 is 0 Å². The van der Waals surface area contributed by atoms with Gasteiger partial charge in [-0.1, -0.05) is 0 Å². The monoisotopic (exact) mass is 186 g/mol. The second kappa shape index (κ2) is 3.97. The van der Waals surface area contributed by atoms with Crippen LogP contribution < -0.4 is 9.03 Å². The third kappa shape index (κ3) is 1.68. The largest absolute Gasteiger partial charge is 0.493 e. The molecule has 0 spiro atoms. The molecule has 0 heterocycles. The Hall–Kier alpha value is -1.22. The molecule has 1 rings (SSSR count). The van der Waals surface area contributed by atoms with E-state index in [1.807, 2.05) is 0 Å². The summed E-state index contributed by atoms with van der Waals surface area (Å²) in [6.07, 6.45) is 0.723. The molecule has 4 heteroatoms. The Balaban J connectivity index is 3.10. The molecule has 0 saturated heterocycles. The molecule has 0 aromatic heterocycles. The first-order valence-corrected chi connectivity index (χ1v) is 3.54. The number of hydrogen-bond donors (Lipinski definition) is 0. The first kappa shape index (κ1) is 8.87. The van der Waals surface area contributed by atoms with Crippen molar-refractivity contribution in [1.29, 1.82) is 0 Å². The van der Waals surface area contributed by atoms with Crippen molar-refractivity contribution in [2.24, 2.45) is 0 Å². The number of carbonyl (C=O) groups excluding carboxylic acids is 1. The summed E-state index contributed by atoms with van der Waals surface area (Å²) in [6, 6.07) is 4.70. The van der Waals surface area contributed by atoms with Crippen molar-refractivity contribution in [2.75, 3.05) is 7.11 Å². The molecule has 0 unspecified atom stereocenters. The Morgan fingerprint density at radius 2 is 2.17 bits per heavy atom. The smallest absolute Gasteiger partial charge is 0.188 e. The number of ether oxygens (including phenoxy) is 1. The standard InChI is InChI=1S/C8H7ClO3/c1-11-8-4-6(5-10)2-3-7(8)12-9/h2-5H,1H3. The van der Waals surface area contributed by atoms with Crippen molar-refractivity contribution < 1.29 is 13.8 Å². The summed E-state index contributed by atoms with van der Waals surface area (Å²) >= 11 is 5.14. The molecular weight excluding hydrogens is 180 g/mol. The maximum atomic E-state index is 10.3. The minimum absolute atomic E-state index is 0.393. The summed E-state index contributed by atoms with van der Waals surface area (Å²) < 4.78 is 9.38. The zero-order chi connectivity index (χ0) is 8.97. The van der Waals surface area contributed by atoms with Crippen molar-refractivity contribution in [3.8, 4) is 11.5 Å². The lowest BCUT2D eigenvalue weighted by molar-refractivity contribution is 0.112. The average Bonchev–Trinajstić information content (AvgIpc) is 2.16. The van der Waals surface area contributed by atoms with Crippen molar-refractivity contribution >= 4 is 18.2 Å². The third-order valence-corrected chi connectivity index (χ3v) is 1.57. The van der Waals surface area contributed by atoms with Gasteiger partial charge < -0.3 is 9.03 Å². The van der Waals surface area contributed by atoms with Gasteiger partial charge in [0.2, 0.25) is 0 Å². The number of hydrogen-bond acceptors (Lipinski definition) is 3. The fourth-order valence-corrected chi connectivity index (χ4v) is 0.949. The van der Waals surface area contributed by atoms with Crippen molar-refractivity contribution in [2.45, 2.75) is 0 Å². The quantitative estimate of drug-likeness (QED) is 0.678. The molecule has 0 fully saturated rings. The van der Waals surface area contributed by atoms with Crippen LogP contribution in [0, 0.1) is 0 Å². The van der Waals surface area contributed by atoms with Gasteiger partial charge >= 0.3 is 0 Å². The lowest BCUT2D eigenvalue weighted by Crippen LogP contribution is -1.88. The van der Waals surface area contributed by atoms with Gasteiger partial charge in [0.1, 0.15) is 18.2 Å². The van der Waals surface area contributed by atoms with Crippen LogP contribution in [0.4, 0.5) is 0 Å². The number of carbonyl (C=O) groups is 1. The normalized spacial score (nSPS) is 9.17. The molecule has 0 aliphatic heterocycles. The van der Waals surface area contributed by atoms with Gasteiger partial charge in [-0.25, -0.2) is 0 Å². The van der Waals surface area contributed by atoms with E-state index < -0.39 is 0 Å². The van der Waals surface area contributed by atoms with Gasteiger partial charge in [-0.15, -0.1) is 0 Å².